The Balaban J connectivity index is 1.73. The van der Waals surface area contributed by atoms with Gasteiger partial charge in [-0.2, -0.15) is 13.2 Å². The van der Waals surface area contributed by atoms with Crippen molar-refractivity contribution < 1.29 is 18.0 Å². The van der Waals surface area contributed by atoms with Crippen LogP contribution in [0.4, 0.5) is 30.4 Å². The monoisotopic (exact) mass is 458 g/mol. The molecular weight excluding hydrogens is 433 g/mol. The third-order valence-corrected chi connectivity index (χ3v) is 5.75. The van der Waals surface area contributed by atoms with Gasteiger partial charge in [-0.05, 0) is 56.2 Å². The van der Waals surface area contributed by atoms with Gasteiger partial charge in [0.1, 0.15) is 11.6 Å². The minimum absolute atomic E-state index is 0.0313. The minimum atomic E-state index is -4.50. The number of nitrogens with two attached hydrogens (primary N) is 1. The molecule has 3 aromatic rings. The van der Waals surface area contributed by atoms with Gasteiger partial charge in [0.25, 0.3) is 5.91 Å². The molecule has 0 bridgehead atoms. The fraction of sp³-hybridized carbons (Fsp3) is 0.348. The lowest BCUT2D eigenvalue weighted by atomic mass is 10.0. The molecule has 1 atom stereocenters. The summed E-state index contributed by atoms with van der Waals surface area (Å²) >= 11 is 0. The van der Waals surface area contributed by atoms with Gasteiger partial charge in [0, 0.05) is 36.9 Å². The summed E-state index contributed by atoms with van der Waals surface area (Å²) in [5, 5.41) is 6.90. The fourth-order valence-electron chi connectivity index (χ4n) is 3.85. The van der Waals surface area contributed by atoms with Gasteiger partial charge in [0.05, 0.1) is 22.7 Å². The Morgan fingerprint density at radius 3 is 2.48 bits per heavy atom. The van der Waals surface area contributed by atoms with Crippen molar-refractivity contribution in [3.8, 4) is 0 Å². The molecule has 0 aliphatic carbocycles. The van der Waals surface area contributed by atoms with Crippen LogP contribution in [0.2, 0.25) is 0 Å². The van der Waals surface area contributed by atoms with Gasteiger partial charge in [-0.15, -0.1) is 0 Å². The topological polar surface area (TPSA) is 96.2 Å². The number of hydrogen-bond acceptors (Lipinski definition) is 6. The smallest absolute Gasteiger partial charge is 0.399 e. The predicted octanol–water partition coefficient (Wildman–Crippen LogP) is 4.60. The molecule has 0 radical (unpaired) electrons. The van der Waals surface area contributed by atoms with Crippen molar-refractivity contribution in [2.45, 2.75) is 32.5 Å². The van der Waals surface area contributed by atoms with Gasteiger partial charge in [-0.3, -0.25) is 4.79 Å². The molecule has 10 heteroatoms. The Hall–Kier alpha value is -3.56. The number of likely N-dealkylation sites (tertiary alicyclic amines) is 1. The zero-order valence-corrected chi connectivity index (χ0v) is 18.5. The average Bonchev–Trinajstić information content (AvgIpc) is 2.70. The SMILES string of the molecule is CNc1cc2c(NC(C)c3cc(N)cc(C(F)(F)F)c3)nc(C)nc2cc1C(=O)N1CCC1. The number of rotatable bonds is 5. The molecule has 0 spiro atoms. The van der Waals surface area contributed by atoms with Gasteiger partial charge in [-0.25, -0.2) is 9.97 Å². The van der Waals surface area contributed by atoms with Crippen LogP contribution in [0.25, 0.3) is 10.9 Å². The van der Waals surface area contributed by atoms with Gasteiger partial charge in [0.2, 0.25) is 0 Å². The molecule has 1 saturated heterocycles. The first kappa shape index (κ1) is 22.6. The molecule has 33 heavy (non-hydrogen) atoms. The second-order valence-corrected chi connectivity index (χ2v) is 8.18. The summed E-state index contributed by atoms with van der Waals surface area (Å²) < 4.78 is 39.7. The largest absolute Gasteiger partial charge is 0.416 e. The van der Waals surface area contributed by atoms with Crippen LogP contribution in [-0.2, 0) is 6.18 Å². The average molecular weight is 458 g/mol. The number of amides is 1. The van der Waals surface area contributed by atoms with Crippen molar-refractivity contribution in [2.24, 2.45) is 0 Å². The molecule has 4 rings (SSSR count). The first-order chi connectivity index (χ1) is 15.6. The van der Waals surface area contributed by atoms with Crippen molar-refractivity contribution in [3.63, 3.8) is 0 Å². The number of nitrogen functional groups attached to an aromatic ring is 1. The molecule has 2 heterocycles. The molecule has 1 aliphatic rings. The molecule has 7 nitrogen and oxygen atoms in total. The molecule has 1 aromatic heterocycles. The molecule has 1 amide bonds. The van der Waals surface area contributed by atoms with Crippen LogP contribution < -0.4 is 16.4 Å². The standard InChI is InChI=1S/C23H25F3N6O/c1-12(14-7-15(23(24,25)26)9-16(27)8-14)29-21-17-10-19(28-3)18(22(33)32-5-4-6-32)11-20(17)30-13(2)31-21/h7-12,28H,4-6,27H2,1-3H3,(H,29,30,31). The lowest BCUT2D eigenvalue weighted by Crippen LogP contribution is -2.42. The molecule has 1 fully saturated rings. The second kappa shape index (κ2) is 8.42. The molecule has 1 aliphatic heterocycles. The second-order valence-electron chi connectivity index (χ2n) is 8.18. The lowest BCUT2D eigenvalue weighted by Gasteiger charge is -2.31. The zero-order valence-electron chi connectivity index (χ0n) is 18.5. The number of aryl methyl sites for hydroxylation is 1. The Bertz CT molecular complexity index is 1220. The predicted molar refractivity (Wildman–Crippen MR) is 122 cm³/mol. The number of nitrogens with one attached hydrogen (secondary N) is 2. The highest BCUT2D eigenvalue weighted by atomic mass is 19.4. The number of anilines is 3. The van der Waals surface area contributed by atoms with Gasteiger partial charge in [-0.1, -0.05) is 0 Å². The van der Waals surface area contributed by atoms with Crippen LogP contribution in [0.15, 0.2) is 30.3 Å². The summed E-state index contributed by atoms with van der Waals surface area (Å²) in [6.45, 7) is 4.92. The fourth-order valence-corrected chi connectivity index (χ4v) is 3.85. The van der Waals surface area contributed by atoms with E-state index < -0.39 is 17.8 Å². The third-order valence-electron chi connectivity index (χ3n) is 5.75. The quantitative estimate of drug-likeness (QED) is 0.484. The number of carbonyl (C=O) groups is 1. The Labute approximate surface area is 189 Å². The zero-order chi connectivity index (χ0) is 23.9. The summed E-state index contributed by atoms with van der Waals surface area (Å²) in [4.78, 5) is 23.6. The van der Waals surface area contributed by atoms with Crippen LogP contribution in [0.1, 0.15) is 46.7 Å². The van der Waals surface area contributed by atoms with Crippen molar-refractivity contribution in [1.29, 1.82) is 0 Å². The first-order valence-corrected chi connectivity index (χ1v) is 10.6. The van der Waals surface area contributed by atoms with Crippen LogP contribution in [0, 0.1) is 6.92 Å². The van der Waals surface area contributed by atoms with E-state index in [9.17, 15) is 18.0 Å². The Morgan fingerprint density at radius 2 is 1.88 bits per heavy atom. The molecule has 174 valence electrons. The number of alkyl halides is 3. The number of benzene rings is 2. The Morgan fingerprint density at radius 1 is 1.15 bits per heavy atom. The maximum Gasteiger partial charge on any atom is 0.416 e. The first-order valence-electron chi connectivity index (χ1n) is 10.6. The normalized spacial score (nSPS) is 14.7. The van der Waals surface area contributed by atoms with E-state index in [0.717, 1.165) is 31.6 Å². The highest BCUT2D eigenvalue weighted by molar-refractivity contribution is 6.05. The maximum atomic E-state index is 13.2. The highest BCUT2D eigenvalue weighted by Gasteiger charge is 2.31. The van der Waals surface area contributed by atoms with Crippen molar-refractivity contribution in [1.82, 2.24) is 14.9 Å². The maximum absolute atomic E-state index is 13.2. The van der Waals surface area contributed by atoms with Crippen molar-refractivity contribution in [3.05, 3.63) is 52.8 Å². The summed E-state index contributed by atoms with van der Waals surface area (Å²) in [6, 6.07) is 6.49. The summed E-state index contributed by atoms with van der Waals surface area (Å²) in [6.07, 6.45) is -3.51. The molecule has 2 aromatic carbocycles. The third kappa shape index (κ3) is 4.50. The van der Waals surface area contributed by atoms with Gasteiger partial charge in [0.15, 0.2) is 0 Å². The van der Waals surface area contributed by atoms with Crippen molar-refractivity contribution >= 4 is 34.0 Å². The number of carbonyl (C=O) groups excluding carboxylic acids is 1. The lowest BCUT2D eigenvalue weighted by molar-refractivity contribution is -0.137. The molecule has 4 N–H and O–H groups in total. The number of halogens is 3. The van der Waals surface area contributed by atoms with E-state index in [4.69, 9.17) is 5.73 Å². The molecular formula is C23H25F3N6O. The Kier molecular flexibility index (Phi) is 5.77. The van der Waals surface area contributed by atoms with E-state index in [1.807, 2.05) is 0 Å². The van der Waals surface area contributed by atoms with E-state index >= 15 is 0 Å². The molecule has 0 saturated carbocycles. The van der Waals surface area contributed by atoms with Gasteiger partial charge < -0.3 is 21.3 Å². The van der Waals surface area contributed by atoms with Crippen LogP contribution in [0.5, 0.6) is 0 Å². The minimum Gasteiger partial charge on any atom is -0.399 e. The van der Waals surface area contributed by atoms with E-state index in [1.165, 1.54) is 6.07 Å². The number of hydrogen-bond donors (Lipinski definition) is 3. The summed E-state index contributed by atoms with van der Waals surface area (Å²) in [5.74, 6) is 0.867. The summed E-state index contributed by atoms with van der Waals surface area (Å²) in [5.41, 5.74) is 7.06. The number of nitrogens with zero attached hydrogens (tertiary/aromatic N) is 3. The van der Waals surface area contributed by atoms with Gasteiger partial charge >= 0.3 is 6.18 Å². The highest BCUT2D eigenvalue weighted by Crippen LogP contribution is 2.35. The summed E-state index contributed by atoms with van der Waals surface area (Å²) in [7, 11) is 1.73. The van der Waals surface area contributed by atoms with E-state index in [2.05, 4.69) is 20.6 Å². The van der Waals surface area contributed by atoms with Crippen molar-refractivity contribution in [2.75, 3.05) is 36.5 Å². The van der Waals surface area contributed by atoms with Crippen LogP contribution >= 0.6 is 0 Å². The van der Waals surface area contributed by atoms with Crippen LogP contribution in [-0.4, -0.2) is 40.9 Å². The molecule has 1 unspecified atom stereocenters. The number of fused-ring (bicyclic) bond motifs is 1. The van der Waals surface area contributed by atoms with E-state index in [1.54, 1.807) is 37.9 Å². The number of aromatic nitrogens is 2. The van der Waals surface area contributed by atoms with Crippen LogP contribution in [0.3, 0.4) is 0 Å². The van der Waals surface area contributed by atoms with E-state index in [0.29, 0.717) is 39.4 Å². The van der Waals surface area contributed by atoms with E-state index in [-0.39, 0.29) is 11.6 Å².